The normalized spacial score (nSPS) is 12.9. The van der Waals surface area contributed by atoms with Crippen LogP contribution in [0.15, 0.2) is 17.3 Å². The summed E-state index contributed by atoms with van der Waals surface area (Å²) in [7, 11) is 0. The van der Waals surface area contributed by atoms with Gasteiger partial charge >= 0.3 is 0 Å². The highest BCUT2D eigenvalue weighted by Gasteiger charge is 2.08. The average molecular weight is 296 g/mol. The molecule has 110 valence electrons. The molecule has 1 atom stereocenters. The first kappa shape index (κ1) is 15.1. The molecule has 0 spiro atoms. The van der Waals surface area contributed by atoms with Gasteiger partial charge in [0, 0.05) is 24.8 Å². The van der Waals surface area contributed by atoms with Crippen molar-refractivity contribution in [2.75, 3.05) is 18.1 Å². The number of rotatable bonds is 8. The highest BCUT2D eigenvalue weighted by molar-refractivity contribution is 7.99. The van der Waals surface area contributed by atoms with Crippen LogP contribution >= 0.6 is 11.8 Å². The molecule has 2 aromatic rings. The van der Waals surface area contributed by atoms with E-state index in [2.05, 4.69) is 27.2 Å². The fraction of sp³-hybridized carbons (Fsp3) is 0.538. The number of hydrogen-bond acceptors (Lipinski definition) is 5. The van der Waals surface area contributed by atoms with Crippen molar-refractivity contribution < 1.29 is 5.11 Å². The molecule has 0 saturated carbocycles. The largest absolute Gasteiger partial charge is 0.392 e. The van der Waals surface area contributed by atoms with Crippen molar-refractivity contribution in [3.05, 3.63) is 28.4 Å². The summed E-state index contributed by atoms with van der Waals surface area (Å²) in [4.78, 5) is 21.2. The van der Waals surface area contributed by atoms with Gasteiger partial charge < -0.3 is 20.4 Å². The van der Waals surface area contributed by atoms with Gasteiger partial charge in [-0.25, -0.2) is 4.98 Å². The van der Waals surface area contributed by atoms with Gasteiger partial charge in [-0.3, -0.25) is 4.79 Å². The summed E-state index contributed by atoms with van der Waals surface area (Å²) in [6.45, 7) is 3.23. The lowest BCUT2D eigenvalue weighted by molar-refractivity contribution is 0.168. The van der Waals surface area contributed by atoms with E-state index in [0.29, 0.717) is 24.1 Å². The van der Waals surface area contributed by atoms with E-state index >= 15 is 0 Å². The number of nitrogens with one attached hydrogen (secondary N) is 3. The topological polar surface area (TPSA) is 93.8 Å². The van der Waals surface area contributed by atoms with Crippen LogP contribution in [-0.4, -0.2) is 44.2 Å². The summed E-state index contributed by atoms with van der Waals surface area (Å²) < 4.78 is 0. The summed E-state index contributed by atoms with van der Waals surface area (Å²) in [5.74, 6) is 2.05. The Balaban J connectivity index is 1.84. The molecular weight excluding hydrogens is 276 g/mol. The van der Waals surface area contributed by atoms with E-state index in [4.69, 9.17) is 0 Å². The van der Waals surface area contributed by atoms with E-state index in [-0.39, 0.29) is 11.7 Å². The maximum atomic E-state index is 11.5. The second-order valence-electron chi connectivity index (χ2n) is 4.54. The minimum atomic E-state index is -0.337. The Morgan fingerprint density at radius 3 is 3.15 bits per heavy atom. The fourth-order valence-corrected chi connectivity index (χ4v) is 2.71. The van der Waals surface area contributed by atoms with Gasteiger partial charge in [0.1, 0.15) is 5.52 Å². The standard InChI is InChI=1S/C13H20N4O2S/c1-2-20-4-3-10(18)7-14-5-9-6-15-12-11(9)16-8-17-13(12)19/h6,8,10,14-15,18H,2-5,7H2,1H3,(H,16,17,19)/t10-/m1/s1. The molecule has 0 aliphatic carbocycles. The van der Waals surface area contributed by atoms with Crippen LogP contribution in [0.4, 0.5) is 0 Å². The van der Waals surface area contributed by atoms with Crippen LogP contribution < -0.4 is 10.9 Å². The molecule has 6 nitrogen and oxygen atoms in total. The van der Waals surface area contributed by atoms with Gasteiger partial charge in [-0.2, -0.15) is 11.8 Å². The van der Waals surface area contributed by atoms with E-state index in [1.807, 2.05) is 11.8 Å². The summed E-state index contributed by atoms with van der Waals surface area (Å²) in [5.41, 5.74) is 1.93. The molecule has 0 aliphatic heterocycles. The molecule has 7 heteroatoms. The summed E-state index contributed by atoms with van der Waals surface area (Å²) in [6, 6.07) is 0. The molecule has 0 unspecified atom stereocenters. The molecule has 20 heavy (non-hydrogen) atoms. The van der Waals surface area contributed by atoms with Crippen LogP contribution in [0.3, 0.4) is 0 Å². The van der Waals surface area contributed by atoms with Gasteiger partial charge in [0.25, 0.3) is 5.56 Å². The molecule has 4 N–H and O–H groups in total. The first-order valence-electron chi connectivity index (χ1n) is 6.72. The van der Waals surface area contributed by atoms with E-state index in [9.17, 15) is 9.90 Å². The third kappa shape index (κ3) is 3.84. The van der Waals surface area contributed by atoms with Crippen molar-refractivity contribution in [1.29, 1.82) is 0 Å². The third-order valence-corrected chi connectivity index (χ3v) is 3.98. The number of H-pyrrole nitrogens is 2. The minimum Gasteiger partial charge on any atom is -0.392 e. The molecule has 2 heterocycles. The molecule has 2 rings (SSSR count). The number of aromatic amines is 2. The van der Waals surface area contributed by atoms with Gasteiger partial charge in [0.05, 0.1) is 17.9 Å². The van der Waals surface area contributed by atoms with Crippen molar-refractivity contribution in [3.8, 4) is 0 Å². The van der Waals surface area contributed by atoms with Crippen LogP contribution in [0.2, 0.25) is 0 Å². The van der Waals surface area contributed by atoms with Crippen LogP contribution in [0.1, 0.15) is 18.9 Å². The zero-order chi connectivity index (χ0) is 14.4. The fourth-order valence-electron chi connectivity index (χ4n) is 1.98. The molecule has 0 aliphatic rings. The number of aromatic nitrogens is 3. The molecule has 0 fully saturated rings. The molecular formula is C13H20N4O2S. The second-order valence-corrected chi connectivity index (χ2v) is 5.93. The third-order valence-electron chi connectivity index (χ3n) is 3.04. The maximum absolute atomic E-state index is 11.5. The Kier molecular flexibility index (Phi) is 5.63. The minimum absolute atomic E-state index is 0.169. The Morgan fingerprint density at radius 2 is 2.35 bits per heavy atom. The number of aliphatic hydroxyl groups excluding tert-OH is 1. The molecule has 2 aromatic heterocycles. The highest BCUT2D eigenvalue weighted by Crippen LogP contribution is 2.11. The number of aliphatic hydroxyl groups is 1. The number of thioether (sulfide) groups is 1. The Hall–Kier alpha value is -1.31. The van der Waals surface area contributed by atoms with E-state index in [1.54, 1.807) is 6.20 Å². The first-order chi connectivity index (χ1) is 9.72. The SMILES string of the molecule is CCSCC[C@@H](O)CNCc1c[nH]c2c(=O)[nH]cnc12. The summed E-state index contributed by atoms with van der Waals surface area (Å²) in [6.07, 6.45) is 3.63. The number of nitrogens with zero attached hydrogens (tertiary/aromatic N) is 1. The zero-order valence-corrected chi connectivity index (χ0v) is 12.3. The predicted octanol–water partition coefficient (Wildman–Crippen LogP) is 0.845. The van der Waals surface area contributed by atoms with E-state index < -0.39 is 0 Å². The van der Waals surface area contributed by atoms with E-state index in [1.165, 1.54) is 6.33 Å². The molecule has 0 radical (unpaired) electrons. The van der Waals surface area contributed by atoms with Crippen molar-refractivity contribution in [2.45, 2.75) is 26.0 Å². The van der Waals surface area contributed by atoms with Gasteiger partial charge in [-0.05, 0) is 17.9 Å². The van der Waals surface area contributed by atoms with Crippen molar-refractivity contribution in [3.63, 3.8) is 0 Å². The molecule has 0 saturated heterocycles. The van der Waals surface area contributed by atoms with Gasteiger partial charge in [0.2, 0.25) is 0 Å². The average Bonchev–Trinajstić information content (AvgIpc) is 2.84. The van der Waals surface area contributed by atoms with Gasteiger partial charge in [-0.1, -0.05) is 6.92 Å². The highest BCUT2D eigenvalue weighted by atomic mass is 32.2. The van der Waals surface area contributed by atoms with Crippen LogP contribution in [0.5, 0.6) is 0 Å². The maximum Gasteiger partial charge on any atom is 0.275 e. The number of hydrogen-bond donors (Lipinski definition) is 4. The van der Waals surface area contributed by atoms with Crippen LogP contribution in [0, 0.1) is 0 Å². The molecule has 0 aromatic carbocycles. The van der Waals surface area contributed by atoms with Crippen molar-refractivity contribution in [1.82, 2.24) is 20.3 Å². The Labute approximate surface area is 121 Å². The molecule has 0 bridgehead atoms. The Bertz CT molecular complexity index is 595. The van der Waals surface area contributed by atoms with Gasteiger partial charge in [-0.15, -0.1) is 0 Å². The smallest absolute Gasteiger partial charge is 0.275 e. The lowest BCUT2D eigenvalue weighted by Gasteiger charge is -2.10. The lowest BCUT2D eigenvalue weighted by atomic mass is 10.2. The summed E-state index contributed by atoms with van der Waals surface area (Å²) in [5, 5.41) is 13.0. The van der Waals surface area contributed by atoms with Crippen LogP contribution in [0.25, 0.3) is 11.0 Å². The monoisotopic (exact) mass is 296 g/mol. The quantitative estimate of drug-likeness (QED) is 0.542. The lowest BCUT2D eigenvalue weighted by Crippen LogP contribution is -2.26. The summed E-state index contributed by atoms with van der Waals surface area (Å²) >= 11 is 1.83. The molecule has 0 amide bonds. The predicted molar refractivity (Wildman–Crippen MR) is 82.0 cm³/mol. The van der Waals surface area contributed by atoms with Crippen LogP contribution in [-0.2, 0) is 6.54 Å². The van der Waals surface area contributed by atoms with Gasteiger partial charge in [0.15, 0.2) is 0 Å². The first-order valence-corrected chi connectivity index (χ1v) is 7.88. The van der Waals surface area contributed by atoms with E-state index in [0.717, 1.165) is 23.5 Å². The zero-order valence-electron chi connectivity index (χ0n) is 11.5. The number of fused-ring (bicyclic) bond motifs is 1. The van der Waals surface area contributed by atoms with Crippen molar-refractivity contribution in [2.24, 2.45) is 0 Å². The van der Waals surface area contributed by atoms with Crippen molar-refractivity contribution >= 4 is 22.8 Å². The second kappa shape index (κ2) is 7.47. The Morgan fingerprint density at radius 1 is 1.50 bits per heavy atom.